The Morgan fingerprint density at radius 3 is 2.04 bits per heavy atom. The van der Waals surface area contributed by atoms with Gasteiger partial charge in [-0.05, 0) is 35.4 Å². The van der Waals surface area contributed by atoms with Crippen LogP contribution in [0.25, 0.3) is 0 Å². The molecule has 6 nitrogen and oxygen atoms in total. The van der Waals surface area contributed by atoms with Crippen LogP contribution in [0, 0.1) is 0 Å². The van der Waals surface area contributed by atoms with Crippen molar-refractivity contribution in [3.05, 3.63) is 59.2 Å². The number of rotatable bonds is 6. The molecular formula is C21H27N3O3. The Bertz CT molecular complexity index is 746. The maximum Gasteiger partial charge on any atom is 0.253 e. The second-order valence-electron chi connectivity index (χ2n) is 6.69. The molecule has 1 amide bonds. The van der Waals surface area contributed by atoms with Crippen LogP contribution in [0.3, 0.4) is 0 Å². The van der Waals surface area contributed by atoms with Gasteiger partial charge in [0.05, 0.1) is 14.2 Å². The fourth-order valence-corrected chi connectivity index (χ4v) is 3.29. The topological polar surface area (TPSA) is 68.0 Å². The number of methoxy groups -OCH3 is 2. The summed E-state index contributed by atoms with van der Waals surface area (Å²) in [6.45, 7) is 4.42. The number of ether oxygens (including phenoxy) is 2. The Balaban J connectivity index is 1.57. The monoisotopic (exact) mass is 369 g/mol. The largest absolute Gasteiger partial charge is 0.497 e. The second kappa shape index (κ2) is 8.88. The van der Waals surface area contributed by atoms with E-state index in [0.717, 1.165) is 60.9 Å². The van der Waals surface area contributed by atoms with Crippen LogP contribution in [0.5, 0.6) is 11.5 Å². The molecule has 27 heavy (non-hydrogen) atoms. The smallest absolute Gasteiger partial charge is 0.253 e. The lowest BCUT2D eigenvalue weighted by molar-refractivity contribution is 0.0628. The summed E-state index contributed by atoms with van der Waals surface area (Å²) in [5.41, 5.74) is 8.51. The molecule has 3 rings (SSSR count). The van der Waals surface area contributed by atoms with E-state index in [9.17, 15) is 4.79 Å². The van der Waals surface area contributed by atoms with Gasteiger partial charge >= 0.3 is 0 Å². The normalized spacial score (nSPS) is 14.9. The van der Waals surface area contributed by atoms with E-state index in [4.69, 9.17) is 15.2 Å². The van der Waals surface area contributed by atoms with Gasteiger partial charge in [-0.15, -0.1) is 0 Å². The maximum absolute atomic E-state index is 12.7. The molecule has 0 aliphatic carbocycles. The number of hydrogen-bond donors (Lipinski definition) is 1. The summed E-state index contributed by atoms with van der Waals surface area (Å²) in [4.78, 5) is 16.9. The summed E-state index contributed by atoms with van der Waals surface area (Å²) < 4.78 is 10.7. The van der Waals surface area contributed by atoms with Gasteiger partial charge in [0.2, 0.25) is 0 Å². The molecule has 1 aliphatic rings. The van der Waals surface area contributed by atoms with E-state index in [2.05, 4.69) is 4.90 Å². The van der Waals surface area contributed by atoms with Crippen molar-refractivity contribution < 1.29 is 14.3 Å². The maximum atomic E-state index is 12.7. The predicted molar refractivity (Wildman–Crippen MR) is 105 cm³/mol. The minimum Gasteiger partial charge on any atom is -0.497 e. The summed E-state index contributed by atoms with van der Waals surface area (Å²) in [7, 11) is 3.31. The van der Waals surface area contributed by atoms with Crippen LogP contribution in [0.1, 0.15) is 21.5 Å². The highest BCUT2D eigenvalue weighted by Crippen LogP contribution is 2.24. The molecule has 144 valence electrons. The molecular weight excluding hydrogens is 342 g/mol. The van der Waals surface area contributed by atoms with Crippen molar-refractivity contribution in [2.45, 2.75) is 13.1 Å². The molecule has 1 aliphatic heterocycles. The first-order chi connectivity index (χ1) is 13.1. The third kappa shape index (κ3) is 4.78. The first kappa shape index (κ1) is 19.2. The molecule has 0 unspecified atom stereocenters. The summed E-state index contributed by atoms with van der Waals surface area (Å²) in [5.74, 6) is 1.67. The van der Waals surface area contributed by atoms with E-state index < -0.39 is 0 Å². The lowest BCUT2D eigenvalue weighted by Crippen LogP contribution is -2.48. The first-order valence-corrected chi connectivity index (χ1v) is 9.15. The molecule has 1 saturated heterocycles. The number of piperazine rings is 1. The van der Waals surface area contributed by atoms with Crippen molar-refractivity contribution in [3.63, 3.8) is 0 Å². The lowest BCUT2D eigenvalue weighted by Gasteiger charge is -2.35. The van der Waals surface area contributed by atoms with Crippen LogP contribution in [-0.2, 0) is 13.1 Å². The van der Waals surface area contributed by atoms with E-state index >= 15 is 0 Å². The number of amides is 1. The van der Waals surface area contributed by atoms with Gasteiger partial charge in [0.25, 0.3) is 5.91 Å². The van der Waals surface area contributed by atoms with E-state index in [-0.39, 0.29) is 5.91 Å². The molecule has 2 aromatic carbocycles. The van der Waals surface area contributed by atoms with Crippen molar-refractivity contribution in [2.24, 2.45) is 5.73 Å². The molecule has 0 saturated carbocycles. The average molecular weight is 369 g/mol. The highest BCUT2D eigenvalue weighted by atomic mass is 16.5. The van der Waals surface area contributed by atoms with Gasteiger partial charge in [0, 0.05) is 50.9 Å². The third-order valence-corrected chi connectivity index (χ3v) is 4.91. The van der Waals surface area contributed by atoms with Gasteiger partial charge in [0.1, 0.15) is 11.5 Å². The van der Waals surface area contributed by atoms with Gasteiger partial charge < -0.3 is 20.1 Å². The summed E-state index contributed by atoms with van der Waals surface area (Å²) in [6.07, 6.45) is 0. The zero-order valence-corrected chi connectivity index (χ0v) is 16.0. The van der Waals surface area contributed by atoms with Crippen LogP contribution >= 0.6 is 0 Å². The van der Waals surface area contributed by atoms with Gasteiger partial charge in [-0.25, -0.2) is 0 Å². The quantitative estimate of drug-likeness (QED) is 0.845. The molecule has 1 heterocycles. The van der Waals surface area contributed by atoms with Gasteiger partial charge in [-0.1, -0.05) is 12.1 Å². The first-order valence-electron chi connectivity index (χ1n) is 9.15. The van der Waals surface area contributed by atoms with E-state index in [1.807, 2.05) is 47.4 Å². The fraction of sp³-hybridized carbons (Fsp3) is 0.381. The Hall–Kier alpha value is -2.57. The number of hydrogen-bond acceptors (Lipinski definition) is 5. The Kier molecular flexibility index (Phi) is 6.32. The minimum absolute atomic E-state index is 0.0845. The Morgan fingerprint density at radius 1 is 0.926 bits per heavy atom. The molecule has 2 aromatic rings. The summed E-state index contributed by atoms with van der Waals surface area (Å²) >= 11 is 0. The number of nitrogens with zero attached hydrogens (tertiary/aromatic N) is 2. The number of carbonyl (C=O) groups is 1. The minimum atomic E-state index is 0.0845. The van der Waals surface area contributed by atoms with Gasteiger partial charge in [0.15, 0.2) is 0 Å². The average Bonchev–Trinajstić information content (AvgIpc) is 2.73. The predicted octanol–water partition coefficient (Wildman–Crippen LogP) is 2.12. The Morgan fingerprint density at radius 2 is 1.52 bits per heavy atom. The molecule has 0 aromatic heterocycles. The summed E-state index contributed by atoms with van der Waals surface area (Å²) in [5, 5.41) is 0. The standard InChI is InChI=1S/C21H27N3O3/c1-26-19-11-17(12-20(13-19)27-2)15-23-7-9-24(10-8-23)21(25)18-5-3-16(14-22)4-6-18/h3-6,11-13H,7-10,14-15,22H2,1-2H3. The van der Waals surface area contributed by atoms with E-state index in [1.54, 1.807) is 14.2 Å². The molecule has 0 bridgehead atoms. The van der Waals surface area contributed by atoms with Crippen molar-refractivity contribution in [1.29, 1.82) is 0 Å². The van der Waals surface area contributed by atoms with Crippen LogP contribution in [0.4, 0.5) is 0 Å². The zero-order valence-electron chi connectivity index (χ0n) is 16.0. The number of nitrogens with two attached hydrogens (primary N) is 1. The number of benzene rings is 2. The Labute approximate surface area is 160 Å². The highest BCUT2D eigenvalue weighted by molar-refractivity contribution is 5.94. The fourth-order valence-electron chi connectivity index (χ4n) is 3.29. The molecule has 6 heteroatoms. The van der Waals surface area contributed by atoms with Gasteiger partial charge in [-0.3, -0.25) is 9.69 Å². The molecule has 0 radical (unpaired) electrons. The van der Waals surface area contributed by atoms with Crippen molar-refractivity contribution >= 4 is 5.91 Å². The third-order valence-electron chi connectivity index (χ3n) is 4.91. The second-order valence-corrected chi connectivity index (χ2v) is 6.69. The molecule has 1 fully saturated rings. The van der Waals surface area contributed by atoms with Crippen molar-refractivity contribution in [2.75, 3.05) is 40.4 Å². The number of carbonyl (C=O) groups excluding carboxylic acids is 1. The van der Waals surface area contributed by atoms with Crippen molar-refractivity contribution in [3.8, 4) is 11.5 Å². The van der Waals surface area contributed by atoms with E-state index in [1.165, 1.54) is 0 Å². The molecule has 0 spiro atoms. The van der Waals surface area contributed by atoms with Crippen LogP contribution in [0.15, 0.2) is 42.5 Å². The van der Waals surface area contributed by atoms with Crippen LogP contribution < -0.4 is 15.2 Å². The van der Waals surface area contributed by atoms with Crippen LogP contribution in [0.2, 0.25) is 0 Å². The summed E-state index contributed by atoms with van der Waals surface area (Å²) in [6, 6.07) is 13.5. The molecule has 0 atom stereocenters. The lowest BCUT2D eigenvalue weighted by atomic mass is 10.1. The van der Waals surface area contributed by atoms with E-state index in [0.29, 0.717) is 6.54 Å². The zero-order chi connectivity index (χ0) is 19.2. The molecule has 2 N–H and O–H groups in total. The van der Waals surface area contributed by atoms with Crippen LogP contribution in [-0.4, -0.2) is 56.1 Å². The highest BCUT2D eigenvalue weighted by Gasteiger charge is 2.22. The van der Waals surface area contributed by atoms with Crippen molar-refractivity contribution in [1.82, 2.24) is 9.80 Å². The van der Waals surface area contributed by atoms with Gasteiger partial charge in [-0.2, -0.15) is 0 Å². The SMILES string of the molecule is COc1cc(CN2CCN(C(=O)c3ccc(CN)cc3)CC2)cc(OC)c1.